The van der Waals surface area contributed by atoms with Gasteiger partial charge in [-0.05, 0) is 90.7 Å². The summed E-state index contributed by atoms with van der Waals surface area (Å²) in [6, 6.07) is 3.83. The van der Waals surface area contributed by atoms with Crippen LogP contribution in [0.15, 0.2) is 12.1 Å². The van der Waals surface area contributed by atoms with Gasteiger partial charge < -0.3 is 10.1 Å². The third-order valence-electron chi connectivity index (χ3n) is 6.25. The van der Waals surface area contributed by atoms with Gasteiger partial charge in [-0.1, -0.05) is 6.07 Å². The minimum atomic E-state index is -3.37. The number of anilines is 1. The quantitative estimate of drug-likeness (QED) is 0.667. The molecule has 0 spiro atoms. The molecular formula is C23H36N2O4S. The molecule has 1 aromatic rings. The first kappa shape index (κ1) is 23.1. The van der Waals surface area contributed by atoms with Crippen molar-refractivity contribution in [1.29, 1.82) is 0 Å². The van der Waals surface area contributed by atoms with Crippen molar-refractivity contribution in [2.24, 2.45) is 11.8 Å². The van der Waals surface area contributed by atoms with Gasteiger partial charge in [-0.2, -0.15) is 0 Å². The average molecular weight is 437 g/mol. The molecule has 1 aromatic carbocycles. The van der Waals surface area contributed by atoms with Crippen LogP contribution in [0.4, 0.5) is 5.69 Å². The second-order valence-electron chi connectivity index (χ2n) is 9.91. The van der Waals surface area contributed by atoms with Crippen LogP contribution in [0.25, 0.3) is 0 Å². The highest BCUT2D eigenvalue weighted by molar-refractivity contribution is 7.90. The summed E-state index contributed by atoms with van der Waals surface area (Å²) in [4.78, 5) is 12.9. The summed E-state index contributed by atoms with van der Waals surface area (Å²) in [5, 5.41) is 3.08. The molecular weight excluding hydrogens is 400 g/mol. The maximum atomic E-state index is 12.9. The second kappa shape index (κ2) is 8.87. The molecule has 0 saturated heterocycles. The van der Waals surface area contributed by atoms with E-state index in [1.165, 1.54) is 12.8 Å². The molecule has 0 bridgehead atoms. The molecule has 0 aliphatic heterocycles. The van der Waals surface area contributed by atoms with E-state index >= 15 is 0 Å². The Morgan fingerprint density at radius 1 is 1.07 bits per heavy atom. The molecule has 6 nitrogen and oxygen atoms in total. The third kappa shape index (κ3) is 5.55. The molecule has 2 fully saturated rings. The number of hydrogen-bond donors (Lipinski definition) is 2. The number of benzene rings is 1. The Morgan fingerprint density at radius 2 is 1.70 bits per heavy atom. The van der Waals surface area contributed by atoms with Crippen LogP contribution in [-0.4, -0.2) is 31.7 Å². The van der Waals surface area contributed by atoms with Crippen molar-refractivity contribution >= 4 is 21.6 Å². The Kier molecular flexibility index (Phi) is 6.82. The summed E-state index contributed by atoms with van der Waals surface area (Å²) in [5.74, 6) is 1.46. The Balaban J connectivity index is 1.56. The molecule has 0 unspecified atom stereocenters. The fraction of sp³-hybridized carbons (Fsp3) is 0.696. The Hall–Kier alpha value is -1.60. The predicted molar refractivity (Wildman–Crippen MR) is 120 cm³/mol. The first-order valence-corrected chi connectivity index (χ1v) is 12.5. The van der Waals surface area contributed by atoms with E-state index in [4.69, 9.17) is 4.74 Å². The standard InChI is InChI=1S/C23H36N2O4S/c1-15-6-13-20(16(2)21(15)29-14-17-7-8-17)24-22(26)18-9-11-19(12-10-18)25-30(27,28)23(3,4)5/h6,13,17-19,25H,7-12,14H2,1-5H3,(H,24,26). The number of sulfonamides is 1. The Labute approximate surface area is 181 Å². The predicted octanol–water partition coefficient (Wildman–Crippen LogP) is 4.31. The zero-order chi connectivity index (χ0) is 22.1. The summed E-state index contributed by atoms with van der Waals surface area (Å²) in [6.45, 7) is 9.85. The fourth-order valence-electron chi connectivity index (χ4n) is 3.77. The zero-order valence-corrected chi connectivity index (χ0v) is 19.7. The van der Waals surface area contributed by atoms with Gasteiger partial charge in [-0.3, -0.25) is 4.79 Å². The molecule has 3 rings (SSSR count). The lowest BCUT2D eigenvalue weighted by Gasteiger charge is -2.31. The molecule has 2 saturated carbocycles. The summed E-state index contributed by atoms with van der Waals surface area (Å²) < 4.78 is 32.8. The minimum absolute atomic E-state index is 0.00669. The highest BCUT2D eigenvalue weighted by Gasteiger charge is 2.34. The molecule has 2 aliphatic rings. The van der Waals surface area contributed by atoms with Crippen LogP contribution >= 0.6 is 0 Å². The summed E-state index contributed by atoms with van der Waals surface area (Å²) in [6.07, 6.45) is 5.19. The lowest BCUT2D eigenvalue weighted by molar-refractivity contribution is -0.120. The van der Waals surface area contributed by atoms with Gasteiger partial charge in [0.05, 0.1) is 11.4 Å². The molecule has 168 valence electrons. The molecule has 1 amide bonds. The monoisotopic (exact) mass is 436 g/mol. The normalized spacial score (nSPS) is 22.6. The van der Waals surface area contributed by atoms with Crippen molar-refractivity contribution in [2.45, 2.75) is 83.9 Å². The number of carbonyl (C=O) groups excluding carboxylic acids is 1. The van der Waals surface area contributed by atoms with Gasteiger partial charge in [0, 0.05) is 23.2 Å². The van der Waals surface area contributed by atoms with E-state index < -0.39 is 14.8 Å². The topological polar surface area (TPSA) is 84.5 Å². The maximum Gasteiger partial charge on any atom is 0.227 e. The van der Waals surface area contributed by atoms with Gasteiger partial charge in [0.15, 0.2) is 0 Å². The summed E-state index contributed by atoms with van der Waals surface area (Å²) in [5.41, 5.74) is 2.85. The average Bonchev–Trinajstić information content (AvgIpc) is 3.47. The zero-order valence-electron chi connectivity index (χ0n) is 18.9. The van der Waals surface area contributed by atoms with E-state index in [2.05, 4.69) is 10.0 Å². The molecule has 30 heavy (non-hydrogen) atoms. The van der Waals surface area contributed by atoms with Crippen LogP contribution < -0.4 is 14.8 Å². The van der Waals surface area contributed by atoms with E-state index in [0.29, 0.717) is 31.6 Å². The van der Waals surface area contributed by atoms with Gasteiger partial charge in [-0.15, -0.1) is 0 Å². The second-order valence-corrected chi connectivity index (χ2v) is 12.4. The van der Waals surface area contributed by atoms with Gasteiger partial charge in [0.1, 0.15) is 5.75 Å². The van der Waals surface area contributed by atoms with Crippen molar-refractivity contribution in [3.63, 3.8) is 0 Å². The van der Waals surface area contributed by atoms with Crippen LogP contribution in [0.5, 0.6) is 5.75 Å². The van der Waals surface area contributed by atoms with E-state index in [-0.39, 0.29) is 17.9 Å². The van der Waals surface area contributed by atoms with Crippen molar-refractivity contribution in [3.05, 3.63) is 23.3 Å². The van der Waals surface area contributed by atoms with Crippen LogP contribution in [0, 0.1) is 25.7 Å². The molecule has 2 aliphatic carbocycles. The van der Waals surface area contributed by atoms with Crippen molar-refractivity contribution in [1.82, 2.24) is 4.72 Å². The number of hydrogen-bond acceptors (Lipinski definition) is 4. The number of ether oxygens (including phenoxy) is 1. The fourth-order valence-corrected chi connectivity index (χ4v) is 4.80. The van der Waals surface area contributed by atoms with Crippen molar-refractivity contribution in [3.8, 4) is 5.75 Å². The lowest BCUT2D eigenvalue weighted by atomic mass is 9.86. The minimum Gasteiger partial charge on any atom is -0.493 e. The summed E-state index contributed by atoms with van der Waals surface area (Å²) in [7, 11) is -3.37. The number of carbonyl (C=O) groups is 1. The molecule has 0 heterocycles. The lowest BCUT2D eigenvalue weighted by Crippen LogP contribution is -2.46. The highest BCUT2D eigenvalue weighted by atomic mass is 32.2. The molecule has 0 atom stereocenters. The Bertz CT molecular complexity index is 877. The summed E-state index contributed by atoms with van der Waals surface area (Å²) >= 11 is 0. The van der Waals surface area contributed by atoms with Gasteiger partial charge in [0.25, 0.3) is 0 Å². The van der Waals surface area contributed by atoms with E-state index in [1.807, 2.05) is 26.0 Å². The Morgan fingerprint density at radius 3 is 2.27 bits per heavy atom. The first-order valence-electron chi connectivity index (χ1n) is 11.0. The van der Waals surface area contributed by atoms with Crippen LogP contribution in [0.3, 0.4) is 0 Å². The maximum absolute atomic E-state index is 12.9. The molecule has 2 N–H and O–H groups in total. The van der Waals surface area contributed by atoms with E-state index in [0.717, 1.165) is 29.2 Å². The number of rotatable bonds is 7. The van der Waals surface area contributed by atoms with Crippen LogP contribution in [0.2, 0.25) is 0 Å². The number of aryl methyl sites for hydroxylation is 1. The SMILES string of the molecule is Cc1ccc(NC(=O)C2CCC(NS(=O)(=O)C(C)(C)C)CC2)c(C)c1OCC1CC1. The molecule has 7 heteroatoms. The van der Waals surface area contributed by atoms with E-state index in [9.17, 15) is 13.2 Å². The van der Waals surface area contributed by atoms with Gasteiger partial charge in [0.2, 0.25) is 15.9 Å². The highest BCUT2D eigenvalue weighted by Crippen LogP contribution is 2.34. The van der Waals surface area contributed by atoms with Crippen LogP contribution in [0.1, 0.15) is 70.4 Å². The molecule has 0 radical (unpaired) electrons. The van der Waals surface area contributed by atoms with Crippen molar-refractivity contribution in [2.75, 3.05) is 11.9 Å². The number of amides is 1. The van der Waals surface area contributed by atoms with Gasteiger partial charge in [-0.25, -0.2) is 13.1 Å². The van der Waals surface area contributed by atoms with Gasteiger partial charge >= 0.3 is 0 Å². The number of nitrogens with one attached hydrogen (secondary N) is 2. The smallest absolute Gasteiger partial charge is 0.227 e. The van der Waals surface area contributed by atoms with Crippen molar-refractivity contribution < 1.29 is 17.9 Å². The first-order chi connectivity index (χ1) is 14.0. The third-order valence-corrected chi connectivity index (χ3v) is 8.50. The molecule has 0 aromatic heterocycles. The van der Waals surface area contributed by atoms with Crippen LogP contribution in [-0.2, 0) is 14.8 Å². The largest absolute Gasteiger partial charge is 0.493 e. The van der Waals surface area contributed by atoms with E-state index in [1.54, 1.807) is 20.8 Å².